The third-order valence-electron chi connectivity index (χ3n) is 6.04. The van der Waals surface area contributed by atoms with Crippen LogP contribution >= 0.6 is 0 Å². The van der Waals surface area contributed by atoms with Gasteiger partial charge in [-0.1, -0.05) is 42.5 Å². The standard InChI is InChI=1S/C24H26N2O6S/c1-24(2)20(23(29)32-14-16-9-11-17(31-3)12-10-16)26-21(28)19(22(26)33(24)30)25-18(27)13-15-7-5-4-6-8-15/h4-12,19-20,22H,13-14H2,1-3H3,(H,25,27)/t19-,20+,22+,33+/m1/s1. The zero-order chi connectivity index (χ0) is 23.8. The lowest BCUT2D eigenvalue weighted by molar-refractivity contribution is -0.165. The molecule has 2 aliphatic rings. The normalized spacial score (nSPS) is 25.1. The predicted octanol–water partition coefficient (Wildman–Crippen LogP) is 1.54. The van der Waals surface area contributed by atoms with Gasteiger partial charge < -0.3 is 19.7 Å². The van der Waals surface area contributed by atoms with Gasteiger partial charge in [0.15, 0.2) is 0 Å². The van der Waals surface area contributed by atoms with E-state index in [1.165, 1.54) is 4.90 Å². The van der Waals surface area contributed by atoms with Crippen molar-refractivity contribution in [2.24, 2.45) is 0 Å². The molecule has 9 heteroatoms. The number of β-lactam (4-membered cyclic amide) rings is 1. The fraction of sp³-hybridized carbons (Fsp3) is 0.375. The maximum absolute atomic E-state index is 13.2. The molecule has 2 saturated heterocycles. The Labute approximate surface area is 194 Å². The highest BCUT2D eigenvalue weighted by Gasteiger charge is 2.68. The topological polar surface area (TPSA) is 102 Å². The highest BCUT2D eigenvalue weighted by molar-refractivity contribution is 7.87. The molecule has 0 unspecified atom stereocenters. The van der Waals surface area contributed by atoms with Gasteiger partial charge in [-0.2, -0.15) is 0 Å². The van der Waals surface area contributed by atoms with E-state index in [4.69, 9.17) is 9.47 Å². The summed E-state index contributed by atoms with van der Waals surface area (Å²) in [6.45, 7) is 3.37. The molecule has 0 aliphatic carbocycles. The van der Waals surface area contributed by atoms with Crippen LogP contribution in [0, 0.1) is 0 Å². The molecule has 1 N–H and O–H groups in total. The zero-order valence-corrected chi connectivity index (χ0v) is 19.5. The molecule has 2 fully saturated rings. The maximum atomic E-state index is 13.2. The van der Waals surface area contributed by atoms with Gasteiger partial charge in [0.05, 0.1) is 29.1 Å². The molecule has 33 heavy (non-hydrogen) atoms. The Morgan fingerprint density at radius 3 is 2.36 bits per heavy atom. The quantitative estimate of drug-likeness (QED) is 0.487. The Morgan fingerprint density at radius 2 is 1.73 bits per heavy atom. The second-order valence-corrected chi connectivity index (χ2v) is 10.7. The number of ether oxygens (including phenoxy) is 2. The first kappa shape index (κ1) is 23.0. The van der Waals surface area contributed by atoms with Crippen molar-refractivity contribution in [1.29, 1.82) is 0 Å². The fourth-order valence-corrected chi connectivity index (χ4v) is 6.15. The van der Waals surface area contributed by atoms with Crippen LogP contribution < -0.4 is 10.1 Å². The number of hydrogen-bond acceptors (Lipinski definition) is 6. The maximum Gasteiger partial charge on any atom is 0.330 e. The molecule has 2 aliphatic heterocycles. The average molecular weight is 471 g/mol. The van der Waals surface area contributed by atoms with Gasteiger partial charge in [0.1, 0.15) is 29.8 Å². The Bertz CT molecular complexity index is 1090. The first-order valence-corrected chi connectivity index (χ1v) is 11.8. The number of nitrogens with one attached hydrogen (secondary N) is 1. The van der Waals surface area contributed by atoms with E-state index in [2.05, 4.69) is 5.32 Å². The summed E-state index contributed by atoms with van der Waals surface area (Å²) in [4.78, 5) is 39.6. The smallest absolute Gasteiger partial charge is 0.330 e. The van der Waals surface area contributed by atoms with Crippen LogP contribution in [0.15, 0.2) is 54.6 Å². The van der Waals surface area contributed by atoms with Crippen molar-refractivity contribution in [3.63, 3.8) is 0 Å². The van der Waals surface area contributed by atoms with Crippen molar-refractivity contribution in [3.05, 3.63) is 65.7 Å². The molecule has 2 aromatic carbocycles. The molecule has 0 spiro atoms. The second kappa shape index (κ2) is 8.97. The summed E-state index contributed by atoms with van der Waals surface area (Å²) in [6, 6.07) is 14.3. The molecule has 0 saturated carbocycles. The number of benzene rings is 2. The Morgan fingerprint density at radius 1 is 1.06 bits per heavy atom. The molecular formula is C24H26N2O6S. The van der Waals surface area contributed by atoms with Crippen LogP contribution in [0.4, 0.5) is 0 Å². The minimum Gasteiger partial charge on any atom is -0.497 e. The minimum atomic E-state index is -1.56. The Kier molecular flexibility index (Phi) is 6.25. The Hall–Kier alpha value is -3.20. The van der Waals surface area contributed by atoms with E-state index >= 15 is 0 Å². The van der Waals surface area contributed by atoms with Crippen molar-refractivity contribution in [3.8, 4) is 5.75 Å². The number of fused-ring (bicyclic) bond motifs is 1. The highest BCUT2D eigenvalue weighted by Crippen LogP contribution is 2.44. The fourth-order valence-electron chi connectivity index (χ4n) is 4.23. The average Bonchev–Trinajstić information content (AvgIpc) is 3.00. The number of carbonyl (C=O) groups is 3. The molecule has 4 atom stereocenters. The van der Waals surface area contributed by atoms with Crippen LogP contribution in [0.25, 0.3) is 0 Å². The van der Waals surface area contributed by atoms with Crippen molar-refractivity contribution in [2.75, 3.05) is 7.11 Å². The molecule has 2 amide bonds. The van der Waals surface area contributed by atoms with Crippen molar-refractivity contribution >= 4 is 28.6 Å². The van der Waals surface area contributed by atoms with E-state index < -0.39 is 44.9 Å². The number of nitrogens with zero attached hydrogens (tertiary/aromatic N) is 1. The van der Waals surface area contributed by atoms with Crippen molar-refractivity contribution in [1.82, 2.24) is 10.2 Å². The molecule has 2 aromatic rings. The van der Waals surface area contributed by atoms with E-state index in [1.54, 1.807) is 45.2 Å². The van der Waals surface area contributed by atoms with Crippen LogP contribution in [0.1, 0.15) is 25.0 Å². The van der Waals surface area contributed by atoms with Crippen LogP contribution in [-0.4, -0.2) is 56.2 Å². The lowest BCUT2D eigenvalue weighted by atomic mass is 9.96. The third kappa shape index (κ3) is 4.25. The molecule has 0 aromatic heterocycles. The summed E-state index contributed by atoms with van der Waals surface area (Å²) in [6.07, 6.45) is 0.112. The van der Waals surface area contributed by atoms with E-state index in [0.717, 1.165) is 11.1 Å². The summed E-state index contributed by atoms with van der Waals surface area (Å²) in [7, 11) is -0.000290. The number of amides is 2. The largest absolute Gasteiger partial charge is 0.497 e. The summed E-state index contributed by atoms with van der Waals surface area (Å²) >= 11 is 0. The van der Waals surface area contributed by atoms with E-state index in [9.17, 15) is 18.6 Å². The van der Waals surface area contributed by atoms with Crippen LogP contribution in [-0.2, 0) is 42.9 Å². The van der Waals surface area contributed by atoms with Crippen molar-refractivity contribution < 1.29 is 28.1 Å². The molecule has 0 bridgehead atoms. The SMILES string of the molecule is COc1ccc(COC(=O)[C@@H]2N3C(=O)[C@@H](NC(=O)Cc4ccccc4)[C@@H]3[S@](=O)C2(C)C)cc1. The van der Waals surface area contributed by atoms with Gasteiger partial charge >= 0.3 is 5.97 Å². The van der Waals surface area contributed by atoms with Crippen LogP contribution in [0.5, 0.6) is 5.75 Å². The molecule has 0 radical (unpaired) electrons. The van der Waals surface area contributed by atoms with Gasteiger partial charge in [0.25, 0.3) is 0 Å². The number of carbonyl (C=O) groups excluding carboxylic acids is 3. The van der Waals surface area contributed by atoms with Crippen LogP contribution in [0.3, 0.4) is 0 Å². The summed E-state index contributed by atoms with van der Waals surface area (Å²) in [5, 5.41) is 1.94. The molecule has 174 valence electrons. The van der Waals surface area contributed by atoms with Gasteiger partial charge in [0.2, 0.25) is 11.8 Å². The minimum absolute atomic E-state index is 0.0198. The van der Waals surface area contributed by atoms with Gasteiger partial charge in [-0.15, -0.1) is 0 Å². The molecule has 8 nitrogen and oxygen atoms in total. The second-order valence-electron chi connectivity index (χ2n) is 8.60. The zero-order valence-electron chi connectivity index (χ0n) is 18.6. The number of methoxy groups -OCH3 is 1. The molecular weight excluding hydrogens is 444 g/mol. The van der Waals surface area contributed by atoms with Gasteiger partial charge in [-0.05, 0) is 37.1 Å². The van der Waals surface area contributed by atoms with E-state index in [0.29, 0.717) is 5.75 Å². The number of hydrogen-bond donors (Lipinski definition) is 1. The first-order valence-electron chi connectivity index (χ1n) is 10.6. The third-order valence-corrected chi connectivity index (χ3v) is 8.24. The number of esters is 1. The van der Waals surface area contributed by atoms with Gasteiger partial charge in [-0.25, -0.2) is 4.79 Å². The lowest BCUT2D eigenvalue weighted by Crippen LogP contribution is -2.71. The van der Waals surface area contributed by atoms with E-state index in [1.807, 2.05) is 30.3 Å². The summed E-state index contributed by atoms with van der Waals surface area (Å²) in [5.74, 6) is -0.688. The van der Waals surface area contributed by atoms with Crippen LogP contribution in [0.2, 0.25) is 0 Å². The monoisotopic (exact) mass is 470 g/mol. The first-order chi connectivity index (χ1) is 15.7. The van der Waals surface area contributed by atoms with Crippen molar-refractivity contribution in [2.45, 2.75) is 49.1 Å². The van der Waals surface area contributed by atoms with Gasteiger partial charge in [0, 0.05) is 0 Å². The Balaban J connectivity index is 1.42. The summed E-state index contributed by atoms with van der Waals surface area (Å²) in [5.41, 5.74) is 1.57. The van der Waals surface area contributed by atoms with E-state index in [-0.39, 0.29) is 18.9 Å². The lowest BCUT2D eigenvalue weighted by Gasteiger charge is -2.43. The predicted molar refractivity (Wildman–Crippen MR) is 122 cm³/mol. The molecule has 2 heterocycles. The van der Waals surface area contributed by atoms with Gasteiger partial charge in [-0.3, -0.25) is 13.8 Å². The number of rotatable bonds is 7. The highest BCUT2D eigenvalue weighted by atomic mass is 32.2. The molecule has 4 rings (SSSR count). The summed E-state index contributed by atoms with van der Waals surface area (Å²) < 4.78 is 22.8.